The van der Waals surface area contributed by atoms with Crippen LogP contribution in [0.4, 0.5) is 10.1 Å². The van der Waals surface area contributed by atoms with E-state index in [1.807, 2.05) is 24.3 Å². The molecule has 31 heavy (non-hydrogen) atoms. The minimum atomic E-state index is -1.22. The standard InChI is InChI=1S/C25H34FN3O2/c1-3-9-27-15-17-10-23(18-7-8-18)29-24(11-17)25(30)28-21-6-4-5-19(12-21)20-13-22(14-20)31-16(2)26/h4-6,10-12,16,18,20,22,24,27,29H,3,7-9,13-15H2,1-2H3,(H,28,30). The van der Waals surface area contributed by atoms with Crippen molar-refractivity contribution in [3.63, 3.8) is 0 Å². The van der Waals surface area contributed by atoms with Crippen LogP contribution in [0.3, 0.4) is 0 Å². The Morgan fingerprint density at radius 1 is 1.29 bits per heavy atom. The van der Waals surface area contributed by atoms with Gasteiger partial charge < -0.3 is 20.7 Å². The van der Waals surface area contributed by atoms with Crippen LogP contribution in [0.15, 0.2) is 47.7 Å². The molecular weight excluding hydrogens is 393 g/mol. The highest BCUT2D eigenvalue weighted by Crippen LogP contribution is 2.40. The Balaban J connectivity index is 1.37. The molecule has 4 rings (SSSR count). The first kappa shape index (κ1) is 22.0. The van der Waals surface area contributed by atoms with Crippen molar-refractivity contribution in [3.05, 3.63) is 53.3 Å². The molecule has 1 heterocycles. The highest BCUT2D eigenvalue weighted by molar-refractivity contribution is 5.96. The molecule has 0 radical (unpaired) electrons. The number of halogens is 1. The second-order valence-electron chi connectivity index (χ2n) is 9.00. The Kier molecular flexibility index (Phi) is 7.08. The number of hydrogen-bond donors (Lipinski definition) is 3. The zero-order valence-corrected chi connectivity index (χ0v) is 18.5. The number of ether oxygens (including phenoxy) is 1. The zero-order valence-electron chi connectivity index (χ0n) is 18.5. The molecule has 1 aromatic rings. The molecule has 3 aliphatic rings. The van der Waals surface area contributed by atoms with Crippen LogP contribution in [0, 0.1) is 5.92 Å². The first-order valence-electron chi connectivity index (χ1n) is 11.6. The van der Waals surface area contributed by atoms with Crippen molar-refractivity contribution in [3.8, 4) is 0 Å². The van der Waals surface area contributed by atoms with Crippen LogP contribution in [0.1, 0.15) is 57.4 Å². The molecule has 1 amide bonds. The molecule has 2 saturated carbocycles. The largest absolute Gasteiger partial charge is 0.374 e. The number of allylic oxidation sites excluding steroid dienone is 1. The fourth-order valence-electron chi connectivity index (χ4n) is 4.32. The number of anilines is 1. The van der Waals surface area contributed by atoms with E-state index >= 15 is 0 Å². The molecule has 0 spiro atoms. The van der Waals surface area contributed by atoms with E-state index in [1.165, 1.54) is 36.6 Å². The first-order chi connectivity index (χ1) is 15.0. The second kappa shape index (κ2) is 9.96. The van der Waals surface area contributed by atoms with Gasteiger partial charge in [-0.3, -0.25) is 4.79 Å². The highest BCUT2D eigenvalue weighted by atomic mass is 19.1. The topological polar surface area (TPSA) is 62.4 Å². The van der Waals surface area contributed by atoms with Crippen LogP contribution >= 0.6 is 0 Å². The number of hydrogen-bond acceptors (Lipinski definition) is 4. The van der Waals surface area contributed by atoms with Crippen LogP contribution in [-0.2, 0) is 9.53 Å². The van der Waals surface area contributed by atoms with Crippen molar-refractivity contribution in [1.82, 2.24) is 10.6 Å². The van der Waals surface area contributed by atoms with Gasteiger partial charge in [-0.2, -0.15) is 0 Å². The Morgan fingerprint density at radius 3 is 2.81 bits per heavy atom. The van der Waals surface area contributed by atoms with Crippen LogP contribution < -0.4 is 16.0 Å². The van der Waals surface area contributed by atoms with Crippen molar-refractivity contribution in [2.24, 2.45) is 5.92 Å². The van der Waals surface area contributed by atoms with Crippen molar-refractivity contribution < 1.29 is 13.9 Å². The maximum Gasteiger partial charge on any atom is 0.250 e. The Hall–Kier alpha value is -2.18. The predicted molar refractivity (Wildman–Crippen MR) is 121 cm³/mol. The summed E-state index contributed by atoms with van der Waals surface area (Å²) in [5.41, 5.74) is 4.33. The average molecular weight is 428 g/mol. The molecule has 2 unspecified atom stereocenters. The van der Waals surface area contributed by atoms with Crippen molar-refractivity contribution >= 4 is 11.6 Å². The van der Waals surface area contributed by atoms with E-state index in [0.717, 1.165) is 38.0 Å². The smallest absolute Gasteiger partial charge is 0.250 e. The summed E-state index contributed by atoms with van der Waals surface area (Å²) in [5, 5.41) is 9.95. The number of carbonyl (C=O) groups excluding carboxylic acids is 1. The first-order valence-corrected chi connectivity index (χ1v) is 11.6. The maximum atomic E-state index is 13.0. The summed E-state index contributed by atoms with van der Waals surface area (Å²) in [6.45, 7) is 5.33. The lowest BCUT2D eigenvalue weighted by atomic mass is 9.77. The minimum Gasteiger partial charge on any atom is -0.374 e. The van der Waals surface area contributed by atoms with Crippen LogP contribution in [-0.4, -0.2) is 37.5 Å². The molecule has 3 N–H and O–H groups in total. The molecule has 2 aliphatic carbocycles. The fraction of sp³-hybridized carbons (Fsp3) is 0.560. The summed E-state index contributed by atoms with van der Waals surface area (Å²) in [4.78, 5) is 13.0. The third-order valence-electron chi connectivity index (χ3n) is 6.20. The van der Waals surface area contributed by atoms with Gasteiger partial charge in [-0.25, -0.2) is 4.39 Å². The van der Waals surface area contributed by atoms with Gasteiger partial charge in [0.05, 0.1) is 6.10 Å². The number of rotatable bonds is 10. The van der Waals surface area contributed by atoms with E-state index in [-0.39, 0.29) is 18.1 Å². The Bertz CT molecular complexity index is 841. The van der Waals surface area contributed by atoms with Gasteiger partial charge in [-0.1, -0.05) is 19.1 Å². The van der Waals surface area contributed by atoms with Gasteiger partial charge in [-0.05, 0) is 92.8 Å². The summed E-state index contributed by atoms with van der Waals surface area (Å²) in [5.74, 6) is 0.876. The van der Waals surface area contributed by atoms with Crippen molar-refractivity contribution in [2.45, 2.75) is 70.4 Å². The molecule has 1 aliphatic heterocycles. The van der Waals surface area contributed by atoms with E-state index in [2.05, 4.69) is 35.0 Å². The Labute approximate surface area is 184 Å². The predicted octanol–water partition coefficient (Wildman–Crippen LogP) is 4.39. The van der Waals surface area contributed by atoms with Crippen LogP contribution in [0.5, 0.6) is 0 Å². The average Bonchev–Trinajstić information content (AvgIpc) is 3.56. The number of dihydropyridines is 1. The van der Waals surface area contributed by atoms with E-state index < -0.39 is 6.36 Å². The zero-order chi connectivity index (χ0) is 21.8. The lowest BCUT2D eigenvalue weighted by molar-refractivity contribution is -0.117. The van der Waals surface area contributed by atoms with Crippen LogP contribution in [0.2, 0.25) is 0 Å². The molecule has 2 fully saturated rings. The molecule has 6 heteroatoms. The van der Waals surface area contributed by atoms with Crippen LogP contribution in [0.25, 0.3) is 0 Å². The maximum absolute atomic E-state index is 13.0. The molecule has 1 aromatic carbocycles. The number of alkyl halides is 1. The van der Waals surface area contributed by atoms with E-state index in [4.69, 9.17) is 4.74 Å². The van der Waals surface area contributed by atoms with E-state index in [0.29, 0.717) is 11.8 Å². The van der Waals surface area contributed by atoms with Gasteiger partial charge in [0.25, 0.3) is 5.91 Å². The number of benzene rings is 1. The molecule has 2 atom stereocenters. The summed E-state index contributed by atoms with van der Waals surface area (Å²) in [6, 6.07) is 7.63. The van der Waals surface area contributed by atoms with Gasteiger partial charge >= 0.3 is 0 Å². The highest BCUT2D eigenvalue weighted by Gasteiger charge is 2.33. The van der Waals surface area contributed by atoms with E-state index in [9.17, 15) is 9.18 Å². The molecular formula is C25H34FN3O2. The third kappa shape index (κ3) is 5.95. The Morgan fingerprint density at radius 2 is 2.10 bits per heavy atom. The van der Waals surface area contributed by atoms with Crippen molar-refractivity contribution in [2.75, 3.05) is 18.4 Å². The van der Waals surface area contributed by atoms with Gasteiger partial charge in [0.15, 0.2) is 6.36 Å². The fourth-order valence-corrected chi connectivity index (χ4v) is 4.32. The molecule has 0 saturated heterocycles. The monoisotopic (exact) mass is 427 g/mol. The molecule has 168 valence electrons. The summed E-state index contributed by atoms with van der Waals surface area (Å²) < 4.78 is 18.2. The lowest BCUT2D eigenvalue weighted by Gasteiger charge is -2.36. The van der Waals surface area contributed by atoms with E-state index in [1.54, 1.807) is 0 Å². The normalized spacial score (nSPS) is 26.2. The summed E-state index contributed by atoms with van der Waals surface area (Å²) >= 11 is 0. The quantitative estimate of drug-likeness (QED) is 0.485. The molecule has 0 aromatic heterocycles. The second-order valence-corrected chi connectivity index (χ2v) is 9.00. The van der Waals surface area contributed by atoms with Gasteiger partial charge in [0.2, 0.25) is 0 Å². The van der Waals surface area contributed by atoms with Crippen molar-refractivity contribution in [1.29, 1.82) is 0 Å². The SMILES string of the molecule is CCCNCC1=CC(C(=O)Nc2cccc(C3CC(OC(C)F)C3)c2)NC(C2CC2)=C1. The summed E-state index contributed by atoms with van der Waals surface area (Å²) in [6.07, 6.45) is 8.13. The summed E-state index contributed by atoms with van der Waals surface area (Å²) in [7, 11) is 0. The number of amides is 1. The number of nitrogens with one attached hydrogen (secondary N) is 3. The molecule has 0 bridgehead atoms. The third-order valence-corrected chi connectivity index (χ3v) is 6.20. The molecule has 5 nitrogen and oxygen atoms in total. The van der Waals surface area contributed by atoms with Gasteiger partial charge in [0, 0.05) is 17.9 Å². The minimum absolute atomic E-state index is 0.00723. The van der Waals surface area contributed by atoms with Gasteiger partial charge in [-0.15, -0.1) is 0 Å². The number of carbonyl (C=O) groups is 1. The van der Waals surface area contributed by atoms with Gasteiger partial charge in [0.1, 0.15) is 6.04 Å². The lowest BCUT2D eigenvalue weighted by Crippen LogP contribution is -2.41.